The van der Waals surface area contributed by atoms with E-state index in [0.29, 0.717) is 0 Å². The fourth-order valence-electron chi connectivity index (χ4n) is 1.48. The van der Waals surface area contributed by atoms with Gasteiger partial charge in [0.05, 0.1) is 17.2 Å². The van der Waals surface area contributed by atoms with Crippen LogP contribution in [0.25, 0.3) is 11.4 Å². The van der Waals surface area contributed by atoms with Crippen LogP contribution in [0.5, 0.6) is 0 Å². The Morgan fingerprint density at radius 2 is 2.14 bits per heavy atom. The lowest BCUT2D eigenvalue weighted by Gasteiger charge is -2.07. The number of benzene rings is 1. The summed E-state index contributed by atoms with van der Waals surface area (Å²) in [6.07, 6.45) is -4.50. The van der Waals surface area contributed by atoms with E-state index in [1.54, 1.807) is 6.92 Å². The Morgan fingerprint density at radius 3 is 2.71 bits per heavy atom. The highest BCUT2D eigenvalue weighted by atomic mass is 35.5. The van der Waals surface area contributed by atoms with Crippen molar-refractivity contribution in [3.63, 3.8) is 0 Å². The molecule has 5 nitrogen and oxygen atoms in total. The predicted molar refractivity (Wildman–Crippen MR) is 65.7 cm³/mol. The van der Waals surface area contributed by atoms with Gasteiger partial charge < -0.3 is 9.26 Å². The highest BCUT2D eigenvalue weighted by Crippen LogP contribution is 2.34. The van der Waals surface area contributed by atoms with Crippen molar-refractivity contribution >= 4 is 17.6 Å². The van der Waals surface area contributed by atoms with E-state index in [4.69, 9.17) is 11.6 Å². The molecule has 1 aromatic carbocycles. The van der Waals surface area contributed by atoms with Crippen LogP contribution < -0.4 is 0 Å². The fraction of sp³-hybridized carbons (Fsp3) is 0.250. The number of ether oxygens (including phenoxy) is 1. The lowest BCUT2D eigenvalue weighted by atomic mass is 10.1. The Kier molecular flexibility index (Phi) is 4.17. The first-order valence-corrected chi connectivity index (χ1v) is 6.08. The highest BCUT2D eigenvalue weighted by Gasteiger charge is 2.31. The van der Waals surface area contributed by atoms with Gasteiger partial charge in [0.1, 0.15) is 0 Å². The number of nitrogens with zero attached hydrogens (tertiary/aromatic N) is 2. The summed E-state index contributed by atoms with van der Waals surface area (Å²) in [6, 6.07) is 2.68. The molecular weight excluding hydrogens is 313 g/mol. The van der Waals surface area contributed by atoms with Gasteiger partial charge in [0, 0.05) is 5.56 Å². The van der Waals surface area contributed by atoms with Gasteiger partial charge in [0.15, 0.2) is 0 Å². The molecule has 0 aliphatic heterocycles. The van der Waals surface area contributed by atoms with Gasteiger partial charge in [0.2, 0.25) is 5.82 Å². The van der Waals surface area contributed by atoms with Gasteiger partial charge in [0.25, 0.3) is 0 Å². The normalized spacial score (nSPS) is 11.5. The van der Waals surface area contributed by atoms with E-state index in [1.165, 1.54) is 0 Å². The van der Waals surface area contributed by atoms with E-state index in [-0.39, 0.29) is 23.0 Å². The average Bonchev–Trinajstić information content (AvgIpc) is 2.87. The summed E-state index contributed by atoms with van der Waals surface area (Å²) in [4.78, 5) is 15.1. The minimum absolute atomic E-state index is 0.100. The first-order valence-electron chi connectivity index (χ1n) is 5.71. The quantitative estimate of drug-likeness (QED) is 0.809. The maximum absolute atomic E-state index is 12.5. The van der Waals surface area contributed by atoms with Crippen LogP contribution in [0.3, 0.4) is 0 Å². The average molecular weight is 321 g/mol. The van der Waals surface area contributed by atoms with E-state index < -0.39 is 23.6 Å². The Balaban J connectivity index is 2.33. The van der Waals surface area contributed by atoms with Gasteiger partial charge in [-0.1, -0.05) is 16.8 Å². The second kappa shape index (κ2) is 5.72. The summed E-state index contributed by atoms with van der Waals surface area (Å²) in [5.74, 6) is -1.32. The van der Waals surface area contributed by atoms with E-state index in [0.717, 1.165) is 18.2 Å². The molecule has 0 aliphatic rings. The molecule has 1 aromatic heterocycles. The van der Waals surface area contributed by atoms with Crippen molar-refractivity contribution in [2.45, 2.75) is 13.1 Å². The zero-order valence-corrected chi connectivity index (χ0v) is 11.3. The van der Waals surface area contributed by atoms with Crippen LogP contribution in [0.4, 0.5) is 13.2 Å². The number of aromatic nitrogens is 2. The molecule has 9 heteroatoms. The van der Waals surface area contributed by atoms with Crippen LogP contribution >= 0.6 is 11.6 Å². The smallest absolute Gasteiger partial charge is 0.416 e. The number of halogens is 4. The van der Waals surface area contributed by atoms with Gasteiger partial charge in [-0.3, -0.25) is 0 Å². The maximum Gasteiger partial charge on any atom is 0.416 e. The molecule has 0 unspecified atom stereocenters. The molecule has 0 saturated heterocycles. The molecule has 0 amide bonds. The summed E-state index contributed by atoms with van der Waals surface area (Å²) in [7, 11) is 0. The van der Waals surface area contributed by atoms with Crippen molar-refractivity contribution in [2.24, 2.45) is 0 Å². The van der Waals surface area contributed by atoms with Gasteiger partial charge in [-0.25, -0.2) is 4.79 Å². The molecule has 0 aliphatic carbocycles. The zero-order valence-electron chi connectivity index (χ0n) is 10.6. The molecule has 0 bridgehead atoms. The van der Waals surface area contributed by atoms with Crippen LogP contribution in [-0.4, -0.2) is 22.7 Å². The number of hydrogen-bond acceptors (Lipinski definition) is 5. The van der Waals surface area contributed by atoms with Gasteiger partial charge in [-0.05, 0) is 25.1 Å². The second-order valence-electron chi connectivity index (χ2n) is 3.84. The Morgan fingerprint density at radius 1 is 1.43 bits per heavy atom. The largest absolute Gasteiger partial charge is 0.459 e. The van der Waals surface area contributed by atoms with Crippen molar-refractivity contribution < 1.29 is 27.2 Å². The van der Waals surface area contributed by atoms with Crippen molar-refractivity contribution in [3.8, 4) is 11.4 Å². The van der Waals surface area contributed by atoms with Gasteiger partial charge >= 0.3 is 18.0 Å². The molecule has 0 atom stereocenters. The van der Waals surface area contributed by atoms with Crippen molar-refractivity contribution in [1.29, 1.82) is 0 Å². The summed E-state index contributed by atoms with van der Waals surface area (Å²) in [6.45, 7) is 1.72. The van der Waals surface area contributed by atoms with Gasteiger partial charge in [-0.2, -0.15) is 18.2 Å². The van der Waals surface area contributed by atoms with Crippen molar-refractivity contribution in [2.75, 3.05) is 6.61 Å². The monoisotopic (exact) mass is 320 g/mol. The minimum Gasteiger partial charge on any atom is -0.459 e. The molecule has 1 heterocycles. The Hall–Kier alpha value is -2.09. The van der Waals surface area contributed by atoms with Crippen LogP contribution in [0.2, 0.25) is 5.02 Å². The van der Waals surface area contributed by atoms with Crippen LogP contribution in [0.15, 0.2) is 22.7 Å². The first kappa shape index (κ1) is 15.3. The SMILES string of the molecule is CCOC(=O)c1nc(-c2ccc(C(F)(F)F)cc2Cl)no1. The Labute approximate surface area is 121 Å². The molecule has 0 saturated carbocycles. The molecule has 0 N–H and O–H groups in total. The van der Waals surface area contributed by atoms with Gasteiger partial charge in [-0.15, -0.1) is 0 Å². The van der Waals surface area contributed by atoms with E-state index in [9.17, 15) is 18.0 Å². The lowest BCUT2D eigenvalue weighted by Crippen LogP contribution is -2.05. The molecule has 0 fully saturated rings. The molecule has 0 spiro atoms. The summed E-state index contributed by atoms with van der Waals surface area (Å²) in [5, 5.41) is 3.28. The third-order valence-electron chi connectivity index (χ3n) is 2.41. The first-order chi connectivity index (χ1) is 9.82. The second-order valence-corrected chi connectivity index (χ2v) is 4.24. The van der Waals surface area contributed by atoms with Crippen molar-refractivity contribution in [3.05, 3.63) is 34.7 Å². The molecular formula is C12H8ClF3N2O3. The van der Waals surface area contributed by atoms with E-state index in [2.05, 4.69) is 19.4 Å². The third kappa shape index (κ3) is 3.33. The number of carbonyl (C=O) groups excluding carboxylic acids is 1. The molecule has 2 rings (SSSR count). The molecule has 0 radical (unpaired) electrons. The van der Waals surface area contributed by atoms with Crippen LogP contribution in [-0.2, 0) is 10.9 Å². The van der Waals surface area contributed by atoms with E-state index >= 15 is 0 Å². The number of esters is 1. The van der Waals surface area contributed by atoms with Crippen molar-refractivity contribution in [1.82, 2.24) is 10.1 Å². The number of alkyl halides is 3. The lowest BCUT2D eigenvalue weighted by molar-refractivity contribution is -0.137. The number of hydrogen-bond donors (Lipinski definition) is 0. The summed E-state index contributed by atoms with van der Waals surface area (Å²) in [5.41, 5.74) is -0.783. The summed E-state index contributed by atoms with van der Waals surface area (Å²) >= 11 is 5.78. The fourth-order valence-corrected chi connectivity index (χ4v) is 1.75. The molecule has 112 valence electrons. The van der Waals surface area contributed by atoms with E-state index in [1.807, 2.05) is 0 Å². The number of carbonyl (C=O) groups is 1. The molecule has 2 aromatic rings. The highest BCUT2D eigenvalue weighted by molar-refractivity contribution is 6.33. The molecule has 21 heavy (non-hydrogen) atoms. The standard InChI is InChI=1S/C12H8ClF3N2O3/c1-2-20-11(19)10-17-9(18-21-10)7-4-3-6(5-8(7)13)12(14,15)16/h3-5H,2H2,1H3. The topological polar surface area (TPSA) is 65.2 Å². The Bertz CT molecular complexity index is 670. The van der Waals surface area contributed by atoms with Crippen LogP contribution in [0.1, 0.15) is 23.2 Å². The van der Waals surface area contributed by atoms with Crippen LogP contribution in [0, 0.1) is 0 Å². The predicted octanol–water partition coefficient (Wildman–Crippen LogP) is 3.59. The maximum atomic E-state index is 12.5. The zero-order chi connectivity index (χ0) is 15.6. The minimum atomic E-state index is -4.50. The number of rotatable bonds is 3. The summed E-state index contributed by atoms with van der Waals surface area (Å²) < 4.78 is 46.9. The third-order valence-corrected chi connectivity index (χ3v) is 2.73.